The van der Waals surface area contributed by atoms with Gasteiger partial charge in [0, 0.05) is 12.1 Å². The summed E-state index contributed by atoms with van der Waals surface area (Å²) in [6.07, 6.45) is -0.0779. The van der Waals surface area contributed by atoms with Crippen LogP contribution in [-0.2, 0) is 23.8 Å². The zero-order valence-corrected chi connectivity index (χ0v) is 15.9. The van der Waals surface area contributed by atoms with Crippen LogP contribution in [0.1, 0.15) is 34.6 Å². The molecule has 0 heterocycles. The molecule has 0 aromatic heterocycles. The SMILES string of the molecule is CNC(C)COCCOCC(C)OCC(C)NC(=O)C(C)C(C)=O. The number of hydrogen-bond donors (Lipinski definition) is 2. The molecule has 0 aliphatic carbocycles. The molecule has 142 valence electrons. The Morgan fingerprint density at radius 3 is 2.04 bits per heavy atom. The average molecular weight is 346 g/mol. The van der Waals surface area contributed by atoms with Gasteiger partial charge < -0.3 is 24.8 Å². The fourth-order valence-corrected chi connectivity index (χ4v) is 1.66. The number of ketones is 1. The third kappa shape index (κ3) is 11.5. The van der Waals surface area contributed by atoms with E-state index < -0.39 is 5.92 Å². The highest BCUT2D eigenvalue weighted by molar-refractivity contribution is 5.99. The van der Waals surface area contributed by atoms with Gasteiger partial charge in [0.2, 0.25) is 5.91 Å². The van der Waals surface area contributed by atoms with Crippen molar-refractivity contribution >= 4 is 11.7 Å². The fourth-order valence-electron chi connectivity index (χ4n) is 1.66. The Hall–Kier alpha value is -1.02. The molecule has 0 saturated heterocycles. The highest BCUT2D eigenvalue weighted by Gasteiger charge is 2.19. The molecular formula is C17H34N2O5. The van der Waals surface area contributed by atoms with Gasteiger partial charge in [-0.3, -0.25) is 9.59 Å². The van der Waals surface area contributed by atoms with Crippen LogP contribution in [0.25, 0.3) is 0 Å². The number of carbonyl (C=O) groups excluding carboxylic acids is 2. The van der Waals surface area contributed by atoms with Crippen molar-refractivity contribution in [3.05, 3.63) is 0 Å². The first kappa shape index (κ1) is 23.0. The Morgan fingerprint density at radius 1 is 0.917 bits per heavy atom. The van der Waals surface area contributed by atoms with Crippen molar-refractivity contribution in [2.24, 2.45) is 5.92 Å². The quantitative estimate of drug-likeness (QED) is 0.357. The predicted molar refractivity (Wildman–Crippen MR) is 93.0 cm³/mol. The standard InChI is InChI=1S/C17H34N2O5/c1-12(18-6)9-22-7-8-23-11-14(3)24-10-13(2)19-17(21)15(4)16(5)20/h12-15,18H,7-11H2,1-6H3,(H,19,21). The second-order valence-electron chi connectivity index (χ2n) is 6.23. The number of hydrogen-bond acceptors (Lipinski definition) is 6. The number of rotatable bonds is 14. The van der Waals surface area contributed by atoms with Gasteiger partial charge in [-0.05, 0) is 41.7 Å². The Kier molecular flexibility index (Phi) is 12.7. The van der Waals surface area contributed by atoms with Gasteiger partial charge in [0.25, 0.3) is 0 Å². The lowest BCUT2D eigenvalue weighted by molar-refractivity contribution is -0.133. The third-order valence-electron chi connectivity index (χ3n) is 3.61. The molecule has 24 heavy (non-hydrogen) atoms. The van der Waals surface area contributed by atoms with Crippen LogP contribution < -0.4 is 10.6 Å². The average Bonchev–Trinajstić information content (AvgIpc) is 2.54. The van der Waals surface area contributed by atoms with Gasteiger partial charge in [-0.25, -0.2) is 0 Å². The van der Waals surface area contributed by atoms with E-state index >= 15 is 0 Å². The smallest absolute Gasteiger partial charge is 0.230 e. The Labute approximate surface area is 145 Å². The fraction of sp³-hybridized carbons (Fsp3) is 0.882. The number of ether oxygens (including phenoxy) is 3. The molecule has 0 bridgehead atoms. The first-order valence-electron chi connectivity index (χ1n) is 8.53. The van der Waals surface area contributed by atoms with E-state index in [1.165, 1.54) is 6.92 Å². The minimum atomic E-state index is -0.626. The molecule has 0 aliphatic rings. The summed E-state index contributed by atoms with van der Waals surface area (Å²) in [5, 5.41) is 5.86. The molecule has 0 radical (unpaired) electrons. The maximum atomic E-state index is 11.8. The minimum Gasteiger partial charge on any atom is -0.377 e. The predicted octanol–water partition coefficient (Wildman–Crippen LogP) is 0.762. The van der Waals surface area contributed by atoms with Gasteiger partial charge in [0.05, 0.1) is 45.1 Å². The molecule has 0 aromatic carbocycles. The first-order chi connectivity index (χ1) is 11.3. The van der Waals surface area contributed by atoms with Crippen molar-refractivity contribution in [3.8, 4) is 0 Å². The van der Waals surface area contributed by atoms with E-state index in [-0.39, 0.29) is 23.8 Å². The highest BCUT2D eigenvalue weighted by atomic mass is 16.5. The van der Waals surface area contributed by atoms with Crippen molar-refractivity contribution in [2.45, 2.75) is 52.8 Å². The van der Waals surface area contributed by atoms with Crippen molar-refractivity contribution in [2.75, 3.05) is 40.1 Å². The van der Waals surface area contributed by atoms with Crippen LogP contribution in [-0.4, -0.2) is 70.0 Å². The number of Topliss-reactive ketones (excluding diaryl/α,β-unsaturated/α-hetero) is 1. The van der Waals surface area contributed by atoms with Gasteiger partial charge in [0.1, 0.15) is 5.78 Å². The molecule has 0 rings (SSSR count). The van der Waals surface area contributed by atoms with E-state index in [0.29, 0.717) is 39.1 Å². The van der Waals surface area contributed by atoms with Crippen LogP contribution in [0, 0.1) is 5.92 Å². The molecule has 7 heteroatoms. The van der Waals surface area contributed by atoms with Crippen LogP contribution in [0.3, 0.4) is 0 Å². The van der Waals surface area contributed by atoms with Crippen LogP contribution >= 0.6 is 0 Å². The van der Waals surface area contributed by atoms with E-state index in [4.69, 9.17) is 14.2 Å². The van der Waals surface area contributed by atoms with Crippen LogP contribution in [0.2, 0.25) is 0 Å². The van der Waals surface area contributed by atoms with Crippen molar-refractivity contribution in [1.82, 2.24) is 10.6 Å². The summed E-state index contributed by atoms with van der Waals surface area (Å²) in [7, 11) is 1.90. The van der Waals surface area contributed by atoms with Gasteiger partial charge >= 0.3 is 0 Å². The molecule has 0 spiro atoms. The van der Waals surface area contributed by atoms with E-state index in [9.17, 15) is 9.59 Å². The third-order valence-corrected chi connectivity index (χ3v) is 3.61. The maximum Gasteiger partial charge on any atom is 0.230 e. The Balaban J connectivity index is 3.69. The molecule has 0 fully saturated rings. The normalized spacial score (nSPS) is 16.2. The summed E-state index contributed by atoms with van der Waals surface area (Å²) in [5.41, 5.74) is 0. The molecule has 4 unspecified atom stereocenters. The lowest BCUT2D eigenvalue weighted by Gasteiger charge is -2.19. The lowest BCUT2D eigenvalue weighted by atomic mass is 10.1. The molecule has 7 nitrogen and oxygen atoms in total. The van der Waals surface area contributed by atoms with Gasteiger partial charge in [-0.15, -0.1) is 0 Å². The summed E-state index contributed by atoms with van der Waals surface area (Å²) >= 11 is 0. The maximum absolute atomic E-state index is 11.8. The second-order valence-corrected chi connectivity index (χ2v) is 6.23. The molecule has 0 aromatic rings. The molecular weight excluding hydrogens is 312 g/mol. The lowest BCUT2D eigenvalue weighted by Crippen LogP contribution is -2.41. The van der Waals surface area contributed by atoms with Gasteiger partial charge in [-0.2, -0.15) is 0 Å². The number of carbonyl (C=O) groups is 2. The van der Waals surface area contributed by atoms with Gasteiger partial charge in [-0.1, -0.05) is 0 Å². The number of amides is 1. The van der Waals surface area contributed by atoms with E-state index in [2.05, 4.69) is 10.6 Å². The second kappa shape index (κ2) is 13.3. The summed E-state index contributed by atoms with van der Waals surface area (Å²) in [5.74, 6) is -1.04. The Bertz CT molecular complexity index is 365. The highest BCUT2D eigenvalue weighted by Crippen LogP contribution is 1.99. The van der Waals surface area contributed by atoms with Crippen molar-refractivity contribution in [3.63, 3.8) is 0 Å². The van der Waals surface area contributed by atoms with Gasteiger partial charge in [0.15, 0.2) is 0 Å². The zero-order valence-electron chi connectivity index (χ0n) is 15.9. The number of nitrogens with one attached hydrogen (secondary N) is 2. The summed E-state index contributed by atoms with van der Waals surface area (Å²) in [4.78, 5) is 22.9. The molecule has 1 amide bonds. The molecule has 4 atom stereocenters. The van der Waals surface area contributed by atoms with E-state index in [1.807, 2.05) is 27.8 Å². The largest absolute Gasteiger partial charge is 0.377 e. The zero-order chi connectivity index (χ0) is 18.5. The number of likely N-dealkylation sites (N-methyl/N-ethyl adjacent to an activating group) is 1. The van der Waals surface area contributed by atoms with E-state index in [0.717, 1.165) is 0 Å². The monoisotopic (exact) mass is 346 g/mol. The van der Waals surface area contributed by atoms with Crippen LogP contribution in [0.5, 0.6) is 0 Å². The molecule has 2 N–H and O–H groups in total. The Morgan fingerprint density at radius 2 is 1.50 bits per heavy atom. The van der Waals surface area contributed by atoms with Crippen LogP contribution in [0.15, 0.2) is 0 Å². The molecule has 0 aliphatic heterocycles. The topological polar surface area (TPSA) is 85.9 Å². The summed E-state index contributed by atoms with van der Waals surface area (Å²) in [6.45, 7) is 11.4. The van der Waals surface area contributed by atoms with Crippen LogP contribution in [0.4, 0.5) is 0 Å². The minimum absolute atomic E-state index is 0.0779. The van der Waals surface area contributed by atoms with Crippen molar-refractivity contribution < 1.29 is 23.8 Å². The molecule has 0 saturated carbocycles. The first-order valence-corrected chi connectivity index (χ1v) is 8.53. The summed E-state index contributed by atoms with van der Waals surface area (Å²) in [6, 6.07) is 0.169. The summed E-state index contributed by atoms with van der Waals surface area (Å²) < 4.78 is 16.6. The van der Waals surface area contributed by atoms with E-state index in [1.54, 1.807) is 6.92 Å². The van der Waals surface area contributed by atoms with Crippen molar-refractivity contribution in [1.29, 1.82) is 0 Å².